The highest BCUT2D eigenvalue weighted by atomic mass is 31.2. The van der Waals surface area contributed by atoms with Crippen molar-refractivity contribution < 1.29 is 42.1 Å². The SMILES string of the molecule is CC/C=C\C/C=C\C/C=C\C/C=C\C/C=C\C/C=C\CCC(=O)OC[C@H](COP(=O)([O-])OCC[N+](C)(C)C)OC(=O)CCCCCCC/C=C\CCCCCCCC. The van der Waals surface area contributed by atoms with E-state index in [0.29, 0.717) is 23.9 Å². The monoisotopic (exact) mass is 832 g/mol. The smallest absolute Gasteiger partial charge is 0.306 e. The minimum absolute atomic E-state index is 0.0478. The number of phosphoric acid groups is 1. The van der Waals surface area contributed by atoms with Gasteiger partial charge in [0, 0.05) is 12.8 Å². The summed E-state index contributed by atoms with van der Waals surface area (Å²) in [7, 11) is 1.11. The van der Waals surface area contributed by atoms with Crippen LogP contribution in [0.4, 0.5) is 0 Å². The first-order chi connectivity index (χ1) is 28.0. The van der Waals surface area contributed by atoms with Crippen LogP contribution in [0, 0.1) is 0 Å². The molecule has 2 atom stereocenters. The van der Waals surface area contributed by atoms with Crippen molar-refractivity contribution in [3.8, 4) is 0 Å². The number of quaternary nitrogens is 1. The molecule has 332 valence electrons. The summed E-state index contributed by atoms with van der Waals surface area (Å²) in [6, 6.07) is 0. The number of hydrogen-bond acceptors (Lipinski definition) is 8. The van der Waals surface area contributed by atoms with Crippen molar-refractivity contribution in [2.45, 2.75) is 161 Å². The van der Waals surface area contributed by atoms with Crippen LogP contribution in [0.1, 0.15) is 155 Å². The lowest BCUT2D eigenvalue weighted by Gasteiger charge is -2.28. The molecule has 0 radical (unpaired) electrons. The van der Waals surface area contributed by atoms with Crippen molar-refractivity contribution in [1.29, 1.82) is 0 Å². The molecule has 0 N–H and O–H groups in total. The van der Waals surface area contributed by atoms with Crippen LogP contribution < -0.4 is 4.89 Å². The molecular weight excluding hydrogens is 750 g/mol. The van der Waals surface area contributed by atoms with Gasteiger partial charge in [-0.15, -0.1) is 0 Å². The fourth-order valence-electron chi connectivity index (χ4n) is 5.44. The number of ether oxygens (including phenoxy) is 2. The minimum Gasteiger partial charge on any atom is -0.756 e. The molecule has 0 saturated heterocycles. The van der Waals surface area contributed by atoms with E-state index < -0.39 is 32.5 Å². The van der Waals surface area contributed by atoms with Gasteiger partial charge in [0.1, 0.15) is 19.8 Å². The molecule has 0 amide bonds. The Bertz CT molecular complexity index is 1260. The van der Waals surface area contributed by atoms with E-state index in [-0.39, 0.29) is 26.1 Å². The highest BCUT2D eigenvalue weighted by Gasteiger charge is 2.21. The van der Waals surface area contributed by atoms with Crippen molar-refractivity contribution in [3.05, 3.63) is 85.1 Å². The fraction of sp³-hybridized carbons (Fsp3) is 0.667. The first-order valence-electron chi connectivity index (χ1n) is 22.3. The first kappa shape index (κ1) is 55.2. The maximum atomic E-state index is 12.7. The zero-order valence-corrected chi connectivity index (χ0v) is 38.1. The van der Waals surface area contributed by atoms with E-state index in [0.717, 1.165) is 70.6 Å². The molecule has 0 bridgehead atoms. The van der Waals surface area contributed by atoms with E-state index in [9.17, 15) is 19.0 Å². The van der Waals surface area contributed by atoms with Crippen LogP contribution in [-0.4, -0.2) is 70.0 Å². The molecule has 0 saturated carbocycles. The molecule has 10 heteroatoms. The van der Waals surface area contributed by atoms with Gasteiger partial charge in [-0.1, -0.05) is 150 Å². The van der Waals surface area contributed by atoms with Crippen LogP contribution in [0.5, 0.6) is 0 Å². The fourth-order valence-corrected chi connectivity index (χ4v) is 6.17. The van der Waals surface area contributed by atoms with Crippen molar-refractivity contribution in [1.82, 2.24) is 0 Å². The molecule has 0 heterocycles. The Morgan fingerprint density at radius 3 is 1.53 bits per heavy atom. The quantitative estimate of drug-likeness (QED) is 0.0198. The zero-order valence-electron chi connectivity index (χ0n) is 37.2. The van der Waals surface area contributed by atoms with E-state index in [4.69, 9.17) is 18.5 Å². The predicted octanol–water partition coefficient (Wildman–Crippen LogP) is 12.2. The van der Waals surface area contributed by atoms with Gasteiger partial charge in [-0.2, -0.15) is 0 Å². The maximum absolute atomic E-state index is 12.7. The Labute approximate surface area is 354 Å². The molecule has 0 aliphatic rings. The molecule has 58 heavy (non-hydrogen) atoms. The Morgan fingerprint density at radius 1 is 0.552 bits per heavy atom. The number of unbranched alkanes of at least 4 members (excludes halogenated alkanes) is 11. The average Bonchev–Trinajstić information content (AvgIpc) is 3.17. The number of esters is 2. The van der Waals surface area contributed by atoms with Crippen molar-refractivity contribution in [2.75, 3.05) is 47.5 Å². The molecule has 1 unspecified atom stereocenters. The second-order valence-corrected chi connectivity index (χ2v) is 17.1. The number of hydrogen-bond donors (Lipinski definition) is 0. The molecule has 0 rings (SSSR count). The number of rotatable bonds is 39. The Balaban J connectivity index is 4.50. The normalized spacial score (nSPS) is 14.4. The summed E-state index contributed by atoms with van der Waals surface area (Å²) in [4.78, 5) is 37.5. The predicted molar refractivity (Wildman–Crippen MR) is 240 cm³/mol. The van der Waals surface area contributed by atoms with Crippen LogP contribution in [0.2, 0.25) is 0 Å². The number of carbonyl (C=O) groups is 2. The molecule has 9 nitrogen and oxygen atoms in total. The van der Waals surface area contributed by atoms with E-state index in [1.54, 1.807) is 0 Å². The maximum Gasteiger partial charge on any atom is 0.306 e. The van der Waals surface area contributed by atoms with Gasteiger partial charge in [0.15, 0.2) is 6.10 Å². The zero-order chi connectivity index (χ0) is 42.8. The highest BCUT2D eigenvalue weighted by Crippen LogP contribution is 2.38. The standard InChI is InChI=1S/C48H82NO8P/c1-6-8-10-12-14-16-18-20-22-23-24-25-27-28-30-32-34-36-38-40-47(50)54-44-46(45-56-58(52,53)55-43-42-49(3,4)5)57-48(51)41-39-37-35-33-31-29-26-21-19-17-15-13-11-9-7-2/h8,10,14,16,20-22,24-26,28,30,34,36,46H,6-7,9,11-13,15,17-19,23,27,29,31-33,35,37-45H2,1-5H3/b10-8-,16-14-,22-20-,25-24-,26-21-,30-28-,36-34-/t46-/m1/s1. The van der Waals surface area contributed by atoms with Crippen molar-refractivity contribution in [2.24, 2.45) is 0 Å². The summed E-state index contributed by atoms with van der Waals surface area (Å²) < 4.78 is 33.8. The molecule has 0 aromatic rings. The number of allylic oxidation sites excluding steroid dienone is 14. The molecule has 0 aliphatic carbocycles. The summed E-state index contributed by atoms with van der Waals surface area (Å²) in [5.41, 5.74) is 0. The topological polar surface area (TPSA) is 111 Å². The summed E-state index contributed by atoms with van der Waals surface area (Å²) in [5.74, 6) is -0.950. The lowest BCUT2D eigenvalue weighted by atomic mass is 10.1. The minimum atomic E-state index is -4.65. The van der Waals surface area contributed by atoms with Gasteiger partial charge in [-0.25, -0.2) is 0 Å². The van der Waals surface area contributed by atoms with Gasteiger partial charge in [0.25, 0.3) is 7.82 Å². The molecule has 0 aromatic carbocycles. The number of likely N-dealkylation sites (N-methyl/N-ethyl adjacent to an activating group) is 1. The highest BCUT2D eigenvalue weighted by molar-refractivity contribution is 7.45. The van der Waals surface area contributed by atoms with Gasteiger partial charge in [0.05, 0.1) is 27.7 Å². The van der Waals surface area contributed by atoms with Crippen molar-refractivity contribution in [3.63, 3.8) is 0 Å². The van der Waals surface area contributed by atoms with Crippen LogP contribution in [-0.2, 0) is 32.7 Å². The summed E-state index contributed by atoms with van der Waals surface area (Å²) >= 11 is 0. The first-order valence-corrected chi connectivity index (χ1v) is 23.8. The lowest BCUT2D eigenvalue weighted by molar-refractivity contribution is -0.870. The number of carbonyl (C=O) groups excluding carboxylic acids is 2. The summed E-state index contributed by atoms with van der Waals surface area (Å²) in [6.45, 7) is 3.99. The van der Waals surface area contributed by atoms with Crippen LogP contribution >= 0.6 is 7.82 Å². The van der Waals surface area contributed by atoms with Crippen molar-refractivity contribution >= 4 is 19.8 Å². The number of phosphoric ester groups is 1. The lowest BCUT2D eigenvalue weighted by Crippen LogP contribution is -2.37. The third-order valence-electron chi connectivity index (χ3n) is 8.91. The Morgan fingerprint density at radius 2 is 1.02 bits per heavy atom. The summed E-state index contributed by atoms with van der Waals surface area (Å²) in [5, 5.41) is 0. The van der Waals surface area contributed by atoms with Gasteiger partial charge >= 0.3 is 11.9 Å². The second kappa shape index (κ2) is 39.6. The largest absolute Gasteiger partial charge is 0.756 e. The van der Waals surface area contributed by atoms with E-state index in [1.807, 2.05) is 33.3 Å². The molecule has 0 fully saturated rings. The van der Waals surface area contributed by atoms with E-state index in [2.05, 4.69) is 86.8 Å². The van der Waals surface area contributed by atoms with E-state index in [1.165, 1.54) is 44.9 Å². The second-order valence-electron chi connectivity index (χ2n) is 15.7. The third kappa shape index (κ3) is 42.8. The molecule has 0 aromatic heterocycles. The Kier molecular flexibility index (Phi) is 37.7. The number of nitrogens with zero attached hydrogens (tertiary/aromatic N) is 1. The van der Waals surface area contributed by atoms with E-state index >= 15 is 0 Å². The van der Waals surface area contributed by atoms with Gasteiger partial charge in [-0.3, -0.25) is 14.2 Å². The third-order valence-corrected chi connectivity index (χ3v) is 9.88. The van der Waals surface area contributed by atoms with Crippen LogP contribution in [0.25, 0.3) is 0 Å². The molecule has 0 aliphatic heterocycles. The summed E-state index contributed by atoms with van der Waals surface area (Å²) in [6.07, 6.45) is 50.5. The average molecular weight is 832 g/mol. The van der Waals surface area contributed by atoms with Gasteiger partial charge < -0.3 is 27.9 Å². The van der Waals surface area contributed by atoms with Gasteiger partial charge in [0.2, 0.25) is 0 Å². The molecular formula is C48H82NO8P. The van der Waals surface area contributed by atoms with Gasteiger partial charge in [-0.05, 0) is 77.0 Å². The van der Waals surface area contributed by atoms with Crippen LogP contribution in [0.15, 0.2) is 85.1 Å². The molecule has 0 spiro atoms. The van der Waals surface area contributed by atoms with Crippen LogP contribution in [0.3, 0.4) is 0 Å². The Hall–Kier alpha value is -2.81.